The predicted octanol–water partition coefficient (Wildman–Crippen LogP) is 3.99. The zero-order chi connectivity index (χ0) is 16.9. The molecule has 1 aliphatic rings. The van der Waals surface area contributed by atoms with Gasteiger partial charge in [-0.2, -0.15) is 0 Å². The molecule has 0 spiro atoms. The number of rotatable bonds is 3. The fourth-order valence-corrected chi connectivity index (χ4v) is 3.81. The topological polar surface area (TPSA) is 51.1 Å². The van der Waals surface area contributed by atoms with E-state index in [-0.39, 0.29) is 23.9 Å². The third-order valence-corrected chi connectivity index (χ3v) is 5.22. The van der Waals surface area contributed by atoms with Crippen LogP contribution in [0.4, 0.5) is 0 Å². The van der Waals surface area contributed by atoms with Crippen molar-refractivity contribution in [2.75, 3.05) is 0 Å². The second kappa shape index (κ2) is 7.97. The summed E-state index contributed by atoms with van der Waals surface area (Å²) in [5.41, 5.74) is 0.765. The van der Waals surface area contributed by atoms with E-state index < -0.39 is 0 Å². The molecule has 1 aromatic heterocycles. The molecule has 4 nitrogen and oxygen atoms in total. The minimum atomic E-state index is -0.0250. The number of carbonyl (C=O) groups excluding carboxylic acids is 1. The van der Waals surface area contributed by atoms with Gasteiger partial charge in [0, 0.05) is 28.2 Å². The maximum atomic E-state index is 12.5. The predicted molar refractivity (Wildman–Crippen MR) is 100 cm³/mol. The van der Waals surface area contributed by atoms with Gasteiger partial charge in [-0.3, -0.25) is 9.59 Å². The second-order valence-electron chi connectivity index (χ2n) is 6.58. The SMILES string of the molecule is O=C(Cn1ccc(=O)c2cc(Br)ccc21)NC1CCCCCCC1. The van der Waals surface area contributed by atoms with Crippen LogP contribution in [0.1, 0.15) is 44.9 Å². The van der Waals surface area contributed by atoms with Crippen molar-refractivity contribution >= 4 is 32.7 Å². The molecule has 0 bridgehead atoms. The third-order valence-electron chi connectivity index (χ3n) is 4.72. The molecule has 1 amide bonds. The van der Waals surface area contributed by atoms with Crippen LogP contribution in [0.5, 0.6) is 0 Å². The highest BCUT2D eigenvalue weighted by molar-refractivity contribution is 9.10. The largest absolute Gasteiger partial charge is 0.352 e. The Kier molecular flexibility index (Phi) is 5.72. The van der Waals surface area contributed by atoms with E-state index in [0.29, 0.717) is 5.39 Å². The van der Waals surface area contributed by atoms with Crippen molar-refractivity contribution in [2.24, 2.45) is 0 Å². The van der Waals surface area contributed by atoms with Crippen LogP contribution >= 0.6 is 15.9 Å². The van der Waals surface area contributed by atoms with Crippen LogP contribution in [-0.4, -0.2) is 16.5 Å². The first kappa shape index (κ1) is 17.2. The first-order valence-corrected chi connectivity index (χ1v) is 9.51. The van der Waals surface area contributed by atoms with Gasteiger partial charge >= 0.3 is 0 Å². The van der Waals surface area contributed by atoms with E-state index >= 15 is 0 Å². The molecular weight excluding hydrogens is 368 g/mol. The maximum Gasteiger partial charge on any atom is 0.240 e. The van der Waals surface area contributed by atoms with Crippen LogP contribution in [-0.2, 0) is 11.3 Å². The van der Waals surface area contributed by atoms with Crippen LogP contribution in [0.15, 0.2) is 39.7 Å². The van der Waals surface area contributed by atoms with Gasteiger partial charge in [0.05, 0.1) is 5.52 Å². The number of fused-ring (bicyclic) bond motifs is 1. The number of hydrogen-bond donors (Lipinski definition) is 1. The number of pyridine rings is 1. The lowest BCUT2D eigenvalue weighted by Gasteiger charge is -2.21. The molecule has 0 unspecified atom stereocenters. The molecule has 1 fully saturated rings. The number of amides is 1. The Balaban J connectivity index is 1.73. The second-order valence-corrected chi connectivity index (χ2v) is 7.49. The van der Waals surface area contributed by atoms with E-state index in [0.717, 1.165) is 22.8 Å². The average Bonchev–Trinajstić information content (AvgIpc) is 2.53. The van der Waals surface area contributed by atoms with Crippen molar-refractivity contribution in [3.63, 3.8) is 0 Å². The van der Waals surface area contributed by atoms with Gasteiger partial charge in [-0.05, 0) is 31.0 Å². The summed E-state index contributed by atoms with van der Waals surface area (Å²) in [6.07, 6.45) is 10.1. The summed E-state index contributed by atoms with van der Waals surface area (Å²) >= 11 is 3.39. The molecule has 0 radical (unpaired) electrons. The maximum absolute atomic E-state index is 12.5. The number of halogens is 1. The molecule has 5 heteroatoms. The van der Waals surface area contributed by atoms with E-state index in [1.54, 1.807) is 12.3 Å². The van der Waals surface area contributed by atoms with Crippen molar-refractivity contribution in [1.29, 1.82) is 0 Å². The minimum absolute atomic E-state index is 0.0217. The quantitative estimate of drug-likeness (QED) is 0.860. The molecule has 2 aromatic rings. The van der Waals surface area contributed by atoms with Crippen LogP contribution < -0.4 is 10.7 Å². The van der Waals surface area contributed by atoms with Crippen LogP contribution in [0.2, 0.25) is 0 Å². The van der Waals surface area contributed by atoms with Gasteiger partial charge in [-0.25, -0.2) is 0 Å². The molecule has 1 heterocycles. The smallest absolute Gasteiger partial charge is 0.240 e. The highest BCUT2D eigenvalue weighted by Crippen LogP contribution is 2.18. The Hall–Kier alpha value is -1.62. The molecule has 1 N–H and O–H groups in total. The molecule has 128 valence electrons. The number of aromatic nitrogens is 1. The molecule has 24 heavy (non-hydrogen) atoms. The van der Waals surface area contributed by atoms with Crippen LogP contribution in [0.3, 0.4) is 0 Å². The van der Waals surface area contributed by atoms with E-state index in [4.69, 9.17) is 0 Å². The summed E-state index contributed by atoms with van der Waals surface area (Å²) < 4.78 is 2.71. The molecule has 1 aromatic carbocycles. The summed E-state index contributed by atoms with van der Waals surface area (Å²) in [7, 11) is 0. The average molecular weight is 391 g/mol. The summed E-state index contributed by atoms with van der Waals surface area (Å²) in [5, 5.41) is 3.81. The lowest BCUT2D eigenvalue weighted by atomic mass is 9.97. The van der Waals surface area contributed by atoms with Gasteiger partial charge in [0.2, 0.25) is 5.91 Å². The summed E-state index contributed by atoms with van der Waals surface area (Å²) in [5.74, 6) is 0.0217. The monoisotopic (exact) mass is 390 g/mol. The van der Waals surface area contributed by atoms with E-state index in [1.807, 2.05) is 16.7 Å². The van der Waals surface area contributed by atoms with Crippen LogP contribution in [0, 0.1) is 0 Å². The lowest BCUT2D eigenvalue weighted by Crippen LogP contribution is -2.37. The van der Waals surface area contributed by atoms with Gasteiger partial charge in [0.1, 0.15) is 6.54 Å². The molecule has 0 aliphatic heterocycles. The minimum Gasteiger partial charge on any atom is -0.352 e. The Bertz CT molecular complexity index is 777. The molecular formula is C19H23BrN2O2. The van der Waals surface area contributed by atoms with Crippen molar-refractivity contribution in [1.82, 2.24) is 9.88 Å². The van der Waals surface area contributed by atoms with Gasteiger partial charge in [-0.15, -0.1) is 0 Å². The van der Waals surface area contributed by atoms with E-state index in [2.05, 4.69) is 21.2 Å². The fraction of sp³-hybridized carbons (Fsp3) is 0.474. The Morgan fingerprint density at radius 2 is 1.83 bits per heavy atom. The lowest BCUT2D eigenvalue weighted by molar-refractivity contribution is -0.122. The molecule has 0 atom stereocenters. The van der Waals surface area contributed by atoms with Gasteiger partial charge in [-0.1, -0.05) is 48.0 Å². The molecule has 0 saturated heterocycles. The Labute approximate surface area is 150 Å². The number of nitrogens with zero attached hydrogens (tertiary/aromatic N) is 1. The van der Waals surface area contributed by atoms with E-state index in [9.17, 15) is 9.59 Å². The number of hydrogen-bond acceptors (Lipinski definition) is 2. The van der Waals surface area contributed by atoms with Crippen molar-refractivity contribution in [2.45, 2.75) is 57.5 Å². The highest BCUT2D eigenvalue weighted by Gasteiger charge is 2.15. The third kappa shape index (κ3) is 4.26. The van der Waals surface area contributed by atoms with Crippen LogP contribution in [0.25, 0.3) is 10.9 Å². The van der Waals surface area contributed by atoms with Gasteiger partial charge in [0.15, 0.2) is 5.43 Å². The number of benzene rings is 1. The van der Waals surface area contributed by atoms with E-state index in [1.165, 1.54) is 38.2 Å². The Morgan fingerprint density at radius 3 is 2.58 bits per heavy atom. The zero-order valence-electron chi connectivity index (χ0n) is 13.8. The first-order valence-electron chi connectivity index (χ1n) is 8.71. The summed E-state index contributed by atoms with van der Waals surface area (Å²) in [6, 6.07) is 7.39. The standard InChI is InChI=1S/C19H23BrN2O2/c20-14-8-9-17-16(12-14)18(23)10-11-22(17)13-19(24)21-15-6-4-2-1-3-5-7-15/h8-12,15H,1-7,13H2,(H,21,24). The summed E-state index contributed by atoms with van der Waals surface area (Å²) in [4.78, 5) is 24.5. The Morgan fingerprint density at radius 1 is 1.12 bits per heavy atom. The first-order chi connectivity index (χ1) is 11.6. The molecule has 1 saturated carbocycles. The van der Waals surface area contributed by atoms with Gasteiger partial charge < -0.3 is 9.88 Å². The molecule has 1 aliphatic carbocycles. The molecule has 3 rings (SSSR count). The van der Waals surface area contributed by atoms with Crippen molar-refractivity contribution in [3.05, 3.63) is 45.2 Å². The van der Waals surface area contributed by atoms with Crippen molar-refractivity contribution < 1.29 is 4.79 Å². The highest BCUT2D eigenvalue weighted by atomic mass is 79.9. The number of carbonyl (C=O) groups is 1. The fourth-order valence-electron chi connectivity index (χ4n) is 3.45. The summed E-state index contributed by atoms with van der Waals surface area (Å²) in [6.45, 7) is 0.245. The normalized spacial score (nSPS) is 16.5. The van der Waals surface area contributed by atoms with Gasteiger partial charge in [0.25, 0.3) is 0 Å². The van der Waals surface area contributed by atoms with Crippen molar-refractivity contribution in [3.8, 4) is 0 Å². The number of nitrogens with one attached hydrogen (secondary N) is 1. The zero-order valence-corrected chi connectivity index (χ0v) is 15.3.